The zero-order valence-electron chi connectivity index (χ0n) is 10.7. The van der Waals surface area contributed by atoms with Crippen LogP contribution in [0.15, 0.2) is 18.2 Å². The van der Waals surface area contributed by atoms with E-state index in [1.807, 2.05) is 6.92 Å². The Morgan fingerprint density at radius 2 is 2.05 bits per heavy atom. The minimum atomic E-state index is -0.572. The van der Waals surface area contributed by atoms with Crippen molar-refractivity contribution in [1.29, 1.82) is 0 Å². The number of carbonyl (C=O) groups is 2. The minimum Gasteiger partial charge on any atom is -0.466 e. The maximum atomic E-state index is 12.9. The maximum Gasteiger partial charge on any atom is 0.306 e. The van der Waals surface area contributed by atoms with E-state index in [0.717, 1.165) is 18.9 Å². The number of ketones is 1. The molecule has 0 aliphatic heterocycles. The summed E-state index contributed by atoms with van der Waals surface area (Å²) in [6.45, 7) is 2.38. The van der Waals surface area contributed by atoms with Crippen molar-refractivity contribution in [2.75, 3.05) is 6.61 Å². The molecule has 0 amide bonds. The summed E-state index contributed by atoms with van der Waals surface area (Å²) in [6.07, 6.45) is 1.82. The van der Waals surface area contributed by atoms with E-state index < -0.39 is 11.8 Å². The van der Waals surface area contributed by atoms with Gasteiger partial charge in [-0.25, -0.2) is 4.39 Å². The topological polar surface area (TPSA) is 43.4 Å². The molecule has 0 aliphatic carbocycles. The Bertz CT molecular complexity index is 460. The molecule has 1 rings (SSSR count). The van der Waals surface area contributed by atoms with Crippen molar-refractivity contribution < 1.29 is 18.7 Å². The van der Waals surface area contributed by atoms with Gasteiger partial charge >= 0.3 is 5.97 Å². The van der Waals surface area contributed by atoms with E-state index in [0.29, 0.717) is 12.2 Å². The van der Waals surface area contributed by atoms with E-state index in [2.05, 4.69) is 0 Å². The van der Waals surface area contributed by atoms with Crippen LogP contribution in [-0.2, 0) is 9.53 Å². The molecule has 19 heavy (non-hydrogen) atoms. The van der Waals surface area contributed by atoms with Crippen LogP contribution >= 0.6 is 11.6 Å². The Hall–Kier alpha value is -1.42. The number of carbonyl (C=O) groups excluding carboxylic acids is 2. The van der Waals surface area contributed by atoms with E-state index in [-0.39, 0.29) is 23.6 Å². The molecular formula is C14H16ClFO3. The SMILES string of the molecule is CCCCOC(=O)CCC(=O)c1ccc(F)c(Cl)c1. The number of rotatable bonds is 7. The third-order valence-corrected chi connectivity index (χ3v) is 2.85. The lowest BCUT2D eigenvalue weighted by Crippen LogP contribution is -2.09. The monoisotopic (exact) mass is 286 g/mol. The van der Waals surface area contributed by atoms with Crippen LogP contribution in [0.1, 0.15) is 43.0 Å². The lowest BCUT2D eigenvalue weighted by molar-refractivity contribution is -0.143. The molecule has 0 atom stereocenters. The molecule has 1 aromatic rings. The predicted molar refractivity (Wildman–Crippen MR) is 70.8 cm³/mol. The molecule has 3 nitrogen and oxygen atoms in total. The number of esters is 1. The lowest BCUT2D eigenvalue weighted by atomic mass is 10.1. The van der Waals surface area contributed by atoms with Crippen molar-refractivity contribution >= 4 is 23.4 Å². The molecule has 0 saturated carbocycles. The summed E-state index contributed by atoms with van der Waals surface area (Å²) in [4.78, 5) is 23.1. The molecule has 1 aromatic carbocycles. The molecule has 0 spiro atoms. The number of hydrogen-bond acceptors (Lipinski definition) is 3. The summed E-state index contributed by atoms with van der Waals surface area (Å²) in [7, 11) is 0. The van der Waals surface area contributed by atoms with E-state index in [4.69, 9.17) is 16.3 Å². The molecule has 0 unspecified atom stereocenters. The van der Waals surface area contributed by atoms with Crippen LogP contribution < -0.4 is 0 Å². The van der Waals surface area contributed by atoms with Crippen LogP contribution in [0.5, 0.6) is 0 Å². The Morgan fingerprint density at radius 1 is 1.32 bits per heavy atom. The van der Waals surface area contributed by atoms with Crippen LogP contribution in [0, 0.1) is 5.82 Å². The first kappa shape index (κ1) is 15.6. The first-order chi connectivity index (χ1) is 9.04. The second-order valence-electron chi connectivity index (χ2n) is 4.13. The number of benzene rings is 1. The summed E-state index contributed by atoms with van der Waals surface area (Å²) < 4.78 is 17.9. The van der Waals surface area contributed by atoms with Crippen molar-refractivity contribution in [2.24, 2.45) is 0 Å². The van der Waals surface area contributed by atoms with Crippen LogP contribution in [0.2, 0.25) is 5.02 Å². The summed E-state index contributed by atoms with van der Waals surface area (Å²) >= 11 is 5.59. The Morgan fingerprint density at radius 3 is 2.68 bits per heavy atom. The summed E-state index contributed by atoms with van der Waals surface area (Å²) in [6, 6.07) is 3.75. The third kappa shape index (κ3) is 5.39. The largest absolute Gasteiger partial charge is 0.466 e. The van der Waals surface area contributed by atoms with Gasteiger partial charge in [-0.2, -0.15) is 0 Å². The minimum absolute atomic E-state index is 0.0253. The van der Waals surface area contributed by atoms with Gasteiger partial charge in [0.15, 0.2) is 5.78 Å². The summed E-state index contributed by atoms with van der Waals surface area (Å²) in [5.74, 6) is -1.22. The highest BCUT2D eigenvalue weighted by Gasteiger charge is 2.11. The van der Waals surface area contributed by atoms with Gasteiger partial charge < -0.3 is 4.74 Å². The van der Waals surface area contributed by atoms with E-state index >= 15 is 0 Å². The van der Waals surface area contributed by atoms with Gasteiger partial charge in [0.25, 0.3) is 0 Å². The molecular weight excluding hydrogens is 271 g/mol. The normalized spacial score (nSPS) is 10.3. The number of hydrogen-bond donors (Lipinski definition) is 0. The van der Waals surface area contributed by atoms with Crippen molar-refractivity contribution in [3.05, 3.63) is 34.6 Å². The third-order valence-electron chi connectivity index (χ3n) is 2.56. The molecule has 0 aromatic heterocycles. The molecule has 0 radical (unpaired) electrons. The van der Waals surface area contributed by atoms with Crippen LogP contribution in [-0.4, -0.2) is 18.4 Å². The average molecular weight is 287 g/mol. The van der Waals surface area contributed by atoms with Gasteiger partial charge in [-0.05, 0) is 24.6 Å². The number of unbranched alkanes of at least 4 members (excludes halogenated alkanes) is 1. The number of halogens is 2. The molecule has 5 heteroatoms. The van der Waals surface area contributed by atoms with Gasteiger partial charge in [0.05, 0.1) is 18.1 Å². The van der Waals surface area contributed by atoms with Gasteiger partial charge in [-0.3, -0.25) is 9.59 Å². The van der Waals surface area contributed by atoms with Gasteiger partial charge in [0, 0.05) is 12.0 Å². The van der Waals surface area contributed by atoms with Crippen molar-refractivity contribution in [2.45, 2.75) is 32.6 Å². The second kappa shape index (κ2) is 7.89. The molecule has 104 valence electrons. The fraction of sp³-hybridized carbons (Fsp3) is 0.429. The van der Waals surface area contributed by atoms with Crippen LogP contribution in [0.4, 0.5) is 4.39 Å². The standard InChI is InChI=1S/C14H16ClFO3/c1-2-3-8-19-14(18)7-6-13(17)10-4-5-12(16)11(15)9-10/h4-5,9H,2-3,6-8H2,1H3. The molecule has 0 saturated heterocycles. The fourth-order valence-corrected chi connectivity index (χ4v) is 1.61. The molecule has 0 aliphatic rings. The maximum absolute atomic E-state index is 12.9. The first-order valence-corrected chi connectivity index (χ1v) is 6.56. The highest BCUT2D eigenvalue weighted by atomic mass is 35.5. The molecule has 0 bridgehead atoms. The Labute approximate surface area is 116 Å². The average Bonchev–Trinajstić information content (AvgIpc) is 2.39. The van der Waals surface area contributed by atoms with Gasteiger partial charge in [0.2, 0.25) is 0 Å². The van der Waals surface area contributed by atoms with Gasteiger partial charge in [-0.1, -0.05) is 24.9 Å². The summed E-state index contributed by atoms with van der Waals surface area (Å²) in [5.41, 5.74) is 0.299. The zero-order chi connectivity index (χ0) is 14.3. The fourth-order valence-electron chi connectivity index (χ4n) is 1.43. The Balaban J connectivity index is 2.42. The van der Waals surface area contributed by atoms with Crippen molar-refractivity contribution in [1.82, 2.24) is 0 Å². The number of Topliss-reactive ketones (excluding diaryl/α,β-unsaturated/α-hetero) is 1. The molecule has 0 heterocycles. The first-order valence-electron chi connectivity index (χ1n) is 6.18. The highest BCUT2D eigenvalue weighted by molar-refractivity contribution is 6.31. The quantitative estimate of drug-likeness (QED) is 0.435. The van der Waals surface area contributed by atoms with Crippen molar-refractivity contribution in [3.8, 4) is 0 Å². The van der Waals surface area contributed by atoms with Gasteiger partial charge in [-0.15, -0.1) is 0 Å². The molecule has 0 fully saturated rings. The molecule has 0 N–H and O–H groups in total. The number of ether oxygens (including phenoxy) is 1. The lowest BCUT2D eigenvalue weighted by Gasteiger charge is -2.04. The van der Waals surface area contributed by atoms with Crippen LogP contribution in [0.3, 0.4) is 0 Å². The smallest absolute Gasteiger partial charge is 0.306 e. The second-order valence-corrected chi connectivity index (χ2v) is 4.53. The summed E-state index contributed by atoms with van der Waals surface area (Å²) in [5, 5.41) is -0.101. The predicted octanol–water partition coefficient (Wildman–Crippen LogP) is 3.79. The van der Waals surface area contributed by atoms with Crippen molar-refractivity contribution in [3.63, 3.8) is 0 Å². The highest BCUT2D eigenvalue weighted by Crippen LogP contribution is 2.17. The van der Waals surface area contributed by atoms with E-state index in [9.17, 15) is 14.0 Å². The van der Waals surface area contributed by atoms with Crippen LogP contribution in [0.25, 0.3) is 0 Å². The Kier molecular flexibility index (Phi) is 6.50. The van der Waals surface area contributed by atoms with E-state index in [1.54, 1.807) is 0 Å². The van der Waals surface area contributed by atoms with E-state index in [1.165, 1.54) is 12.1 Å². The van der Waals surface area contributed by atoms with Gasteiger partial charge in [0.1, 0.15) is 5.82 Å². The zero-order valence-corrected chi connectivity index (χ0v) is 11.5.